The number of alkyl carbamates (subject to hydrolysis) is 1. The maximum Gasteiger partial charge on any atom is 0.407 e. The molecule has 10 heteroatoms. The number of ether oxygens (including phenoxy) is 1. The molecule has 0 spiro atoms. The second-order valence-corrected chi connectivity index (χ2v) is 10.5. The van der Waals surface area contributed by atoms with Gasteiger partial charge in [0.1, 0.15) is 6.04 Å². The van der Waals surface area contributed by atoms with Gasteiger partial charge in [-0.15, -0.1) is 0 Å². The lowest BCUT2D eigenvalue weighted by Crippen LogP contribution is -2.54. The van der Waals surface area contributed by atoms with Crippen molar-refractivity contribution in [1.82, 2.24) is 14.9 Å². The third-order valence-corrected chi connectivity index (χ3v) is 7.42. The predicted octanol–water partition coefficient (Wildman–Crippen LogP) is 2.71. The molecule has 2 amide bonds. The van der Waals surface area contributed by atoms with Crippen molar-refractivity contribution in [2.24, 2.45) is 5.92 Å². The molecule has 2 N–H and O–H groups in total. The summed E-state index contributed by atoms with van der Waals surface area (Å²) in [4.78, 5) is 36.4. The normalized spacial score (nSPS) is 17.9. The van der Waals surface area contributed by atoms with Crippen LogP contribution in [-0.2, 0) is 19.6 Å². The number of ketones is 1. The first kappa shape index (κ1) is 26.8. The number of amides is 2. The third-order valence-electron chi connectivity index (χ3n) is 5.50. The summed E-state index contributed by atoms with van der Waals surface area (Å²) in [7, 11) is -3.91. The lowest BCUT2D eigenvalue weighted by Gasteiger charge is -2.34. The van der Waals surface area contributed by atoms with Crippen LogP contribution in [0.1, 0.15) is 63.7 Å². The lowest BCUT2D eigenvalue weighted by molar-refractivity contribution is -0.125. The van der Waals surface area contributed by atoms with Crippen LogP contribution in [0.2, 0.25) is 0 Å². The van der Waals surface area contributed by atoms with Crippen molar-refractivity contribution in [2.75, 3.05) is 19.7 Å². The number of piperidine rings is 1. The fourth-order valence-electron chi connectivity index (χ4n) is 3.90. The highest BCUT2D eigenvalue weighted by molar-refractivity contribution is 7.89. The van der Waals surface area contributed by atoms with Gasteiger partial charge in [0.2, 0.25) is 15.9 Å². The van der Waals surface area contributed by atoms with Crippen LogP contribution in [0.5, 0.6) is 0 Å². The highest BCUT2D eigenvalue weighted by atomic mass is 32.2. The van der Waals surface area contributed by atoms with Crippen molar-refractivity contribution < 1.29 is 27.5 Å². The zero-order valence-corrected chi connectivity index (χ0v) is 20.6. The average Bonchev–Trinajstić information content (AvgIpc) is 2.77. The van der Waals surface area contributed by atoms with Gasteiger partial charge in [-0.25, -0.2) is 13.2 Å². The van der Waals surface area contributed by atoms with Crippen molar-refractivity contribution >= 4 is 27.8 Å². The number of sulfonamides is 1. The fourth-order valence-corrected chi connectivity index (χ4v) is 5.55. The van der Waals surface area contributed by atoms with E-state index < -0.39 is 28.1 Å². The smallest absolute Gasteiger partial charge is 0.407 e. The first-order chi connectivity index (χ1) is 15.6. The van der Waals surface area contributed by atoms with E-state index in [2.05, 4.69) is 10.6 Å². The summed E-state index contributed by atoms with van der Waals surface area (Å²) in [5.41, 5.74) is 0.423. The Balaban J connectivity index is 2.13. The summed E-state index contributed by atoms with van der Waals surface area (Å²) < 4.78 is 32.7. The van der Waals surface area contributed by atoms with Crippen molar-refractivity contribution in [3.63, 3.8) is 0 Å². The average molecular weight is 482 g/mol. The van der Waals surface area contributed by atoms with E-state index in [4.69, 9.17) is 4.74 Å². The van der Waals surface area contributed by atoms with Crippen molar-refractivity contribution in [1.29, 1.82) is 0 Å². The summed E-state index contributed by atoms with van der Waals surface area (Å²) in [6, 6.07) is 4.59. The van der Waals surface area contributed by atoms with Crippen LogP contribution in [-0.4, -0.2) is 62.3 Å². The predicted molar refractivity (Wildman–Crippen MR) is 124 cm³/mol. The van der Waals surface area contributed by atoms with Crippen LogP contribution < -0.4 is 10.6 Å². The van der Waals surface area contributed by atoms with E-state index in [1.807, 2.05) is 13.8 Å². The van der Waals surface area contributed by atoms with E-state index in [-0.39, 0.29) is 42.3 Å². The Morgan fingerprint density at radius 2 is 1.82 bits per heavy atom. The van der Waals surface area contributed by atoms with Gasteiger partial charge < -0.3 is 15.4 Å². The molecule has 9 nitrogen and oxygen atoms in total. The first-order valence-corrected chi connectivity index (χ1v) is 12.8. The minimum absolute atomic E-state index is 0.0499. The molecule has 1 aliphatic rings. The molecule has 33 heavy (non-hydrogen) atoms. The van der Waals surface area contributed by atoms with Crippen LogP contribution in [0.4, 0.5) is 4.79 Å². The molecule has 2 atom stereocenters. The molecule has 0 aliphatic carbocycles. The zero-order valence-electron chi connectivity index (χ0n) is 19.8. The number of hydrogen-bond donors (Lipinski definition) is 2. The van der Waals surface area contributed by atoms with E-state index in [9.17, 15) is 22.8 Å². The number of Topliss-reactive ketones (excluding diaryl/α,β-unsaturated/α-hetero) is 1. The number of carbonyl (C=O) groups is 3. The molecule has 1 aromatic rings. The SMILES string of the molecule is CCOC(=O)NC(CNC(=O)C1CCCCN1S(=O)(=O)c1ccc(C(C)=O)cc1)CC(C)C. The fraction of sp³-hybridized carbons (Fsp3) is 0.609. The molecule has 1 aliphatic heterocycles. The zero-order chi connectivity index (χ0) is 24.6. The highest BCUT2D eigenvalue weighted by Gasteiger charge is 2.37. The van der Waals surface area contributed by atoms with E-state index in [1.54, 1.807) is 6.92 Å². The largest absolute Gasteiger partial charge is 0.450 e. The topological polar surface area (TPSA) is 122 Å². The monoisotopic (exact) mass is 481 g/mol. The number of hydrogen-bond acceptors (Lipinski definition) is 6. The van der Waals surface area contributed by atoms with Gasteiger partial charge in [-0.05, 0) is 51.2 Å². The van der Waals surface area contributed by atoms with Crippen LogP contribution in [0, 0.1) is 5.92 Å². The second kappa shape index (κ2) is 12.1. The molecule has 1 fully saturated rings. The summed E-state index contributed by atoms with van der Waals surface area (Å²) in [6.45, 7) is 7.80. The summed E-state index contributed by atoms with van der Waals surface area (Å²) >= 11 is 0. The Bertz CT molecular complexity index is 930. The van der Waals surface area contributed by atoms with Gasteiger partial charge in [0, 0.05) is 24.7 Å². The lowest BCUT2D eigenvalue weighted by atomic mass is 10.0. The third kappa shape index (κ3) is 7.53. The van der Waals surface area contributed by atoms with Gasteiger partial charge in [-0.2, -0.15) is 4.31 Å². The van der Waals surface area contributed by atoms with E-state index >= 15 is 0 Å². The number of nitrogens with one attached hydrogen (secondary N) is 2. The van der Waals surface area contributed by atoms with E-state index in [1.165, 1.54) is 35.5 Å². The van der Waals surface area contributed by atoms with Gasteiger partial charge in [-0.3, -0.25) is 9.59 Å². The molecule has 0 radical (unpaired) electrons. The van der Waals surface area contributed by atoms with Crippen LogP contribution in [0.25, 0.3) is 0 Å². The van der Waals surface area contributed by atoms with Gasteiger partial charge >= 0.3 is 6.09 Å². The van der Waals surface area contributed by atoms with Crippen molar-refractivity contribution in [3.8, 4) is 0 Å². The standard InChI is InChI=1S/C23H35N3O6S/c1-5-32-23(29)25-19(14-16(2)3)15-24-22(28)21-8-6-7-13-26(21)33(30,31)20-11-9-18(10-12-20)17(4)27/h9-12,16,19,21H,5-8,13-15H2,1-4H3,(H,24,28)(H,25,29). The molecule has 1 saturated heterocycles. The molecule has 1 aromatic carbocycles. The quantitative estimate of drug-likeness (QED) is 0.496. The van der Waals surface area contributed by atoms with E-state index in [0.717, 1.165) is 6.42 Å². The summed E-state index contributed by atoms with van der Waals surface area (Å²) in [5.74, 6) is -0.266. The number of carbonyl (C=O) groups excluding carboxylic acids is 3. The minimum atomic E-state index is -3.91. The van der Waals surface area contributed by atoms with Gasteiger partial charge in [0.15, 0.2) is 5.78 Å². The van der Waals surface area contributed by atoms with Crippen LogP contribution in [0.15, 0.2) is 29.2 Å². The highest BCUT2D eigenvalue weighted by Crippen LogP contribution is 2.26. The molecule has 2 unspecified atom stereocenters. The number of benzene rings is 1. The Morgan fingerprint density at radius 3 is 2.39 bits per heavy atom. The maximum atomic E-state index is 13.3. The first-order valence-electron chi connectivity index (χ1n) is 11.4. The second-order valence-electron chi connectivity index (χ2n) is 8.64. The molecular weight excluding hydrogens is 446 g/mol. The van der Waals surface area contributed by atoms with Crippen LogP contribution >= 0.6 is 0 Å². The Kier molecular flexibility index (Phi) is 9.85. The summed E-state index contributed by atoms with van der Waals surface area (Å²) in [6.07, 6.45) is 1.90. The number of nitrogens with zero attached hydrogens (tertiary/aromatic N) is 1. The Labute approximate surface area is 196 Å². The molecule has 0 saturated carbocycles. The molecule has 184 valence electrons. The molecule has 0 aromatic heterocycles. The Morgan fingerprint density at radius 1 is 1.15 bits per heavy atom. The molecular formula is C23H35N3O6S. The van der Waals surface area contributed by atoms with Gasteiger partial charge in [-0.1, -0.05) is 32.4 Å². The Hall–Kier alpha value is -2.46. The van der Waals surface area contributed by atoms with E-state index in [0.29, 0.717) is 24.8 Å². The maximum absolute atomic E-state index is 13.3. The molecule has 2 rings (SSSR count). The molecule has 0 bridgehead atoms. The van der Waals surface area contributed by atoms with Crippen LogP contribution in [0.3, 0.4) is 0 Å². The van der Waals surface area contributed by atoms with Gasteiger partial charge in [0.05, 0.1) is 11.5 Å². The summed E-state index contributed by atoms with van der Waals surface area (Å²) in [5, 5.41) is 5.58. The minimum Gasteiger partial charge on any atom is -0.450 e. The molecule has 1 heterocycles. The van der Waals surface area contributed by atoms with Gasteiger partial charge in [0.25, 0.3) is 0 Å². The van der Waals surface area contributed by atoms with Crippen molar-refractivity contribution in [2.45, 2.75) is 70.4 Å². The van der Waals surface area contributed by atoms with Crippen molar-refractivity contribution in [3.05, 3.63) is 29.8 Å². The number of rotatable bonds is 10.